The number of amides is 1. The first-order valence-electron chi connectivity index (χ1n) is 7.77. The van der Waals surface area contributed by atoms with Gasteiger partial charge >= 0.3 is 0 Å². The third-order valence-electron chi connectivity index (χ3n) is 4.37. The fourth-order valence-electron chi connectivity index (χ4n) is 3.03. The first-order chi connectivity index (χ1) is 10.6. The van der Waals surface area contributed by atoms with Crippen molar-refractivity contribution in [2.24, 2.45) is 11.7 Å². The van der Waals surface area contributed by atoms with Crippen molar-refractivity contribution in [1.29, 1.82) is 0 Å². The summed E-state index contributed by atoms with van der Waals surface area (Å²) in [5, 5.41) is 2.12. The summed E-state index contributed by atoms with van der Waals surface area (Å²) in [6.07, 6.45) is 0.924. The molecule has 116 valence electrons. The molecule has 1 aromatic heterocycles. The number of thiophene rings is 1. The second-order valence-corrected chi connectivity index (χ2v) is 7.16. The molecule has 0 radical (unpaired) electrons. The maximum atomic E-state index is 12.9. The van der Waals surface area contributed by atoms with Crippen molar-refractivity contribution in [2.45, 2.75) is 32.4 Å². The Morgan fingerprint density at radius 3 is 2.68 bits per heavy atom. The molecule has 2 N–H and O–H groups in total. The predicted molar refractivity (Wildman–Crippen MR) is 90.8 cm³/mol. The minimum atomic E-state index is -0.439. The number of carbonyl (C=O) groups is 1. The molecule has 2 aromatic rings. The van der Waals surface area contributed by atoms with Gasteiger partial charge in [0.15, 0.2) is 0 Å². The molecule has 0 fully saturated rings. The molecule has 4 heteroatoms. The highest BCUT2D eigenvalue weighted by Crippen LogP contribution is 2.38. The van der Waals surface area contributed by atoms with Crippen molar-refractivity contribution in [1.82, 2.24) is 4.90 Å². The Morgan fingerprint density at radius 2 is 2.00 bits per heavy atom. The van der Waals surface area contributed by atoms with Crippen LogP contribution in [0.15, 0.2) is 41.8 Å². The summed E-state index contributed by atoms with van der Waals surface area (Å²) in [6, 6.07) is 12.0. The molecule has 0 spiro atoms. The molecule has 2 heterocycles. The Bertz CT molecular complexity index is 650. The number of hydrogen-bond donors (Lipinski definition) is 1. The lowest BCUT2D eigenvalue weighted by atomic mass is 9.91. The highest BCUT2D eigenvalue weighted by molar-refractivity contribution is 7.10. The van der Waals surface area contributed by atoms with Crippen LogP contribution in [0.25, 0.3) is 0 Å². The van der Waals surface area contributed by atoms with E-state index in [2.05, 4.69) is 23.6 Å². The van der Waals surface area contributed by atoms with Crippen LogP contribution in [0.1, 0.15) is 35.9 Å². The van der Waals surface area contributed by atoms with Gasteiger partial charge in [0.2, 0.25) is 5.91 Å². The summed E-state index contributed by atoms with van der Waals surface area (Å²) in [7, 11) is 0. The van der Waals surface area contributed by atoms with Gasteiger partial charge in [-0.1, -0.05) is 44.2 Å². The van der Waals surface area contributed by atoms with Gasteiger partial charge in [0.25, 0.3) is 0 Å². The van der Waals surface area contributed by atoms with Gasteiger partial charge in [-0.25, -0.2) is 0 Å². The zero-order chi connectivity index (χ0) is 15.7. The first kappa shape index (κ1) is 15.3. The second kappa shape index (κ2) is 6.23. The van der Waals surface area contributed by atoms with Crippen LogP contribution in [0.5, 0.6) is 0 Å². The van der Waals surface area contributed by atoms with E-state index in [0.717, 1.165) is 18.5 Å². The van der Waals surface area contributed by atoms with E-state index in [1.165, 1.54) is 10.4 Å². The maximum Gasteiger partial charge on any atom is 0.240 e. The molecule has 1 aliphatic heterocycles. The molecule has 22 heavy (non-hydrogen) atoms. The Labute approximate surface area is 135 Å². The summed E-state index contributed by atoms with van der Waals surface area (Å²) in [6.45, 7) is 4.74. The number of fused-ring (bicyclic) bond motifs is 1. The standard InChI is InChI=1S/C18H22N2OS/c1-12(2)16(19)18(21)20-10-8-15-14(9-11-22-15)17(20)13-6-4-3-5-7-13/h3-7,9,11-12,16-17H,8,10,19H2,1-2H3/t16-,17?/m0/s1. The van der Waals surface area contributed by atoms with Gasteiger partial charge in [-0.3, -0.25) is 4.79 Å². The quantitative estimate of drug-likeness (QED) is 0.945. The molecule has 0 saturated carbocycles. The third-order valence-corrected chi connectivity index (χ3v) is 5.36. The molecule has 2 atom stereocenters. The highest BCUT2D eigenvalue weighted by Gasteiger charge is 2.35. The lowest BCUT2D eigenvalue weighted by Gasteiger charge is -2.38. The molecule has 1 unspecified atom stereocenters. The van der Waals surface area contributed by atoms with Gasteiger partial charge in [-0.2, -0.15) is 0 Å². The molecular formula is C18H22N2OS. The van der Waals surface area contributed by atoms with E-state index in [9.17, 15) is 4.79 Å². The topological polar surface area (TPSA) is 46.3 Å². The molecule has 0 aliphatic carbocycles. The van der Waals surface area contributed by atoms with Gasteiger partial charge in [-0.05, 0) is 34.9 Å². The molecule has 3 rings (SSSR count). The van der Waals surface area contributed by atoms with E-state index in [1.54, 1.807) is 11.3 Å². The largest absolute Gasteiger partial charge is 0.330 e. The van der Waals surface area contributed by atoms with Crippen molar-refractivity contribution in [3.05, 3.63) is 57.8 Å². The van der Waals surface area contributed by atoms with Crippen molar-refractivity contribution in [3.63, 3.8) is 0 Å². The van der Waals surface area contributed by atoms with Gasteiger partial charge < -0.3 is 10.6 Å². The summed E-state index contributed by atoms with van der Waals surface area (Å²) in [5.41, 5.74) is 8.55. The van der Waals surface area contributed by atoms with Crippen LogP contribution in [0.4, 0.5) is 0 Å². The Hall–Kier alpha value is -1.65. The zero-order valence-corrected chi connectivity index (χ0v) is 13.8. The van der Waals surface area contributed by atoms with Crippen molar-refractivity contribution >= 4 is 17.2 Å². The van der Waals surface area contributed by atoms with Crippen LogP contribution >= 0.6 is 11.3 Å². The minimum absolute atomic E-state index is 0.00602. The average Bonchev–Trinajstić information content (AvgIpc) is 3.01. The third kappa shape index (κ3) is 2.69. The van der Waals surface area contributed by atoms with E-state index in [1.807, 2.05) is 36.9 Å². The van der Waals surface area contributed by atoms with Crippen LogP contribution in [0, 0.1) is 5.92 Å². The molecule has 0 bridgehead atoms. The van der Waals surface area contributed by atoms with E-state index in [4.69, 9.17) is 5.73 Å². The van der Waals surface area contributed by atoms with Crippen molar-refractivity contribution < 1.29 is 4.79 Å². The Morgan fingerprint density at radius 1 is 1.27 bits per heavy atom. The maximum absolute atomic E-state index is 12.9. The normalized spacial score (nSPS) is 19.1. The van der Waals surface area contributed by atoms with Crippen LogP contribution in [0.2, 0.25) is 0 Å². The lowest BCUT2D eigenvalue weighted by Crippen LogP contribution is -2.50. The predicted octanol–water partition coefficient (Wildman–Crippen LogP) is 3.21. The van der Waals surface area contributed by atoms with Crippen LogP contribution < -0.4 is 5.73 Å². The van der Waals surface area contributed by atoms with E-state index < -0.39 is 6.04 Å². The van der Waals surface area contributed by atoms with E-state index in [0.29, 0.717) is 0 Å². The number of rotatable bonds is 3. The Kier molecular flexibility index (Phi) is 4.32. The Balaban J connectivity index is 2.01. The van der Waals surface area contributed by atoms with Crippen LogP contribution in [0.3, 0.4) is 0 Å². The zero-order valence-electron chi connectivity index (χ0n) is 13.0. The lowest BCUT2D eigenvalue weighted by molar-refractivity contribution is -0.135. The smallest absolute Gasteiger partial charge is 0.240 e. The van der Waals surface area contributed by atoms with Gasteiger partial charge in [0, 0.05) is 11.4 Å². The molecule has 3 nitrogen and oxygen atoms in total. The fraction of sp³-hybridized carbons (Fsp3) is 0.389. The second-order valence-electron chi connectivity index (χ2n) is 6.16. The highest BCUT2D eigenvalue weighted by atomic mass is 32.1. The van der Waals surface area contributed by atoms with E-state index >= 15 is 0 Å². The summed E-state index contributed by atoms with van der Waals surface area (Å²) < 4.78 is 0. The molecule has 0 saturated heterocycles. The SMILES string of the molecule is CC(C)[C@H](N)C(=O)N1CCc2sccc2C1c1ccccc1. The van der Waals surface area contributed by atoms with Crippen molar-refractivity contribution in [3.8, 4) is 0 Å². The summed E-state index contributed by atoms with van der Waals surface area (Å²) in [4.78, 5) is 16.2. The number of carbonyl (C=O) groups excluding carboxylic acids is 1. The number of benzene rings is 1. The van der Waals surface area contributed by atoms with E-state index in [-0.39, 0.29) is 17.9 Å². The number of hydrogen-bond acceptors (Lipinski definition) is 3. The summed E-state index contributed by atoms with van der Waals surface area (Å²) >= 11 is 1.78. The molecule has 1 amide bonds. The number of nitrogens with two attached hydrogens (primary N) is 1. The van der Waals surface area contributed by atoms with Crippen molar-refractivity contribution in [2.75, 3.05) is 6.54 Å². The van der Waals surface area contributed by atoms with Crippen LogP contribution in [-0.4, -0.2) is 23.4 Å². The summed E-state index contributed by atoms with van der Waals surface area (Å²) in [5.74, 6) is 0.202. The minimum Gasteiger partial charge on any atom is -0.330 e. The first-order valence-corrected chi connectivity index (χ1v) is 8.65. The van der Waals surface area contributed by atoms with Gasteiger partial charge in [-0.15, -0.1) is 11.3 Å². The van der Waals surface area contributed by atoms with Gasteiger partial charge in [0.05, 0.1) is 12.1 Å². The van der Waals surface area contributed by atoms with Gasteiger partial charge in [0.1, 0.15) is 0 Å². The molecule has 1 aromatic carbocycles. The average molecular weight is 314 g/mol. The molecule has 1 aliphatic rings. The molecular weight excluding hydrogens is 292 g/mol. The number of nitrogens with zero attached hydrogens (tertiary/aromatic N) is 1. The fourth-order valence-corrected chi connectivity index (χ4v) is 3.93. The monoisotopic (exact) mass is 314 g/mol. The van der Waals surface area contributed by atoms with Crippen LogP contribution in [-0.2, 0) is 11.2 Å².